The lowest BCUT2D eigenvalue weighted by molar-refractivity contribution is 0.0492. The predicted molar refractivity (Wildman–Crippen MR) is 88.0 cm³/mol. The molecule has 1 aliphatic rings. The Balaban J connectivity index is 1.73. The number of nitrogens with zero attached hydrogens (tertiary/aromatic N) is 1. The number of ether oxygens (including phenoxy) is 1. The van der Waals surface area contributed by atoms with E-state index in [1.54, 1.807) is 0 Å². The monoisotopic (exact) mass is 305 g/mol. The van der Waals surface area contributed by atoms with Gasteiger partial charge in [-0.2, -0.15) is 0 Å². The molecular formula is C17H27N3O2. The number of pyridine rings is 1. The van der Waals surface area contributed by atoms with E-state index in [4.69, 9.17) is 4.74 Å². The van der Waals surface area contributed by atoms with Crippen LogP contribution in [0.1, 0.15) is 52.0 Å². The van der Waals surface area contributed by atoms with Crippen molar-refractivity contribution in [1.29, 1.82) is 0 Å². The summed E-state index contributed by atoms with van der Waals surface area (Å²) in [5.74, 6) is 0.925. The van der Waals surface area contributed by atoms with Gasteiger partial charge in [-0.15, -0.1) is 0 Å². The van der Waals surface area contributed by atoms with Crippen LogP contribution in [0.15, 0.2) is 18.3 Å². The molecule has 1 amide bonds. The van der Waals surface area contributed by atoms with Gasteiger partial charge in [0.15, 0.2) is 0 Å². The summed E-state index contributed by atoms with van der Waals surface area (Å²) >= 11 is 0. The lowest BCUT2D eigenvalue weighted by atomic mass is 9.91. The molecule has 0 aliphatic heterocycles. The summed E-state index contributed by atoms with van der Waals surface area (Å²) in [4.78, 5) is 16.2. The van der Waals surface area contributed by atoms with E-state index in [0.717, 1.165) is 37.1 Å². The first kappa shape index (κ1) is 16.6. The molecule has 0 spiro atoms. The molecule has 1 saturated carbocycles. The Labute approximate surface area is 132 Å². The van der Waals surface area contributed by atoms with Crippen molar-refractivity contribution in [3.8, 4) is 0 Å². The number of carbonyl (C=O) groups is 1. The van der Waals surface area contributed by atoms with Crippen molar-refractivity contribution in [2.45, 2.75) is 71.1 Å². The van der Waals surface area contributed by atoms with E-state index in [-0.39, 0.29) is 12.1 Å². The van der Waals surface area contributed by atoms with Gasteiger partial charge in [-0.25, -0.2) is 9.78 Å². The molecule has 0 atom stereocenters. The average molecular weight is 305 g/mol. The van der Waals surface area contributed by atoms with Gasteiger partial charge in [0.05, 0.1) is 0 Å². The van der Waals surface area contributed by atoms with Gasteiger partial charge in [-0.3, -0.25) is 0 Å². The van der Waals surface area contributed by atoms with Crippen LogP contribution in [0.2, 0.25) is 0 Å². The van der Waals surface area contributed by atoms with Crippen molar-refractivity contribution in [2.24, 2.45) is 0 Å². The largest absolute Gasteiger partial charge is 0.444 e. The van der Waals surface area contributed by atoms with Gasteiger partial charge >= 0.3 is 6.09 Å². The molecule has 0 radical (unpaired) electrons. The summed E-state index contributed by atoms with van der Waals surface area (Å²) in [6, 6.07) is 4.71. The second-order valence-electron chi connectivity index (χ2n) is 7.06. The molecule has 0 saturated heterocycles. The van der Waals surface area contributed by atoms with Crippen molar-refractivity contribution in [3.05, 3.63) is 23.9 Å². The quantitative estimate of drug-likeness (QED) is 0.895. The smallest absolute Gasteiger partial charge is 0.407 e. The zero-order valence-corrected chi connectivity index (χ0v) is 14.0. The highest BCUT2D eigenvalue weighted by atomic mass is 16.6. The van der Waals surface area contributed by atoms with Gasteiger partial charge in [0, 0.05) is 18.3 Å². The minimum absolute atomic E-state index is 0.207. The lowest BCUT2D eigenvalue weighted by Gasteiger charge is -2.30. The molecule has 5 nitrogen and oxygen atoms in total. The van der Waals surface area contributed by atoms with Gasteiger partial charge < -0.3 is 15.4 Å². The summed E-state index contributed by atoms with van der Waals surface area (Å²) in [6.07, 6.45) is 5.53. The number of anilines is 1. The maximum Gasteiger partial charge on any atom is 0.407 e. The normalized spacial score (nSPS) is 22.0. The van der Waals surface area contributed by atoms with Gasteiger partial charge in [-0.1, -0.05) is 6.07 Å². The first-order valence-electron chi connectivity index (χ1n) is 8.00. The Morgan fingerprint density at radius 1 is 1.18 bits per heavy atom. The van der Waals surface area contributed by atoms with E-state index in [9.17, 15) is 4.79 Å². The molecule has 5 heteroatoms. The molecule has 2 rings (SSSR count). The first-order chi connectivity index (χ1) is 10.3. The van der Waals surface area contributed by atoms with Crippen LogP contribution in [0.5, 0.6) is 0 Å². The molecule has 1 fully saturated rings. The third-order valence-corrected chi connectivity index (χ3v) is 3.71. The third-order valence-electron chi connectivity index (χ3n) is 3.71. The molecule has 0 aromatic carbocycles. The number of aryl methyl sites for hydroxylation is 1. The second kappa shape index (κ2) is 6.99. The summed E-state index contributed by atoms with van der Waals surface area (Å²) < 4.78 is 5.30. The minimum Gasteiger partial charge on any atom is -0.444 e. The standard InChI is InChI=1S/C17H27N3O2/c1-12-5-10-15(18-11-12)19-13-6-8-14(9-7-13)20-16(21)22-17(2,3)4/h5,10-11,13-14H,6-9H2,1-4H3,(H,18,19)(H,20,21)/t13-,14+. The summed E-state index contributed by atoms with van der Waals surface area (Å²) in [6.45, 7) is 7.66. The van der Waals surface area contributed by atoms with E-state index >= 15 is 0 Å². The fourth-order valence-electron chi connectivity index (χ4n) is 2.62. The number of rotatable bonds is 3. The van der Waals surface area contributed by atoms with Crippen LogP contribution in [0.4, 0.5) is 10.6 Å². The molecule has 1 aromatic rings. The van der Waals surface area contributed by atoms with Crippen LogP contribution in [-0.4, -0.2) is 28.8 Å². The van der Waals surface area contributed by atoms with Crippen LogP contribution in [0.25, 0.3) is 0 Å². The maximum absolute atomic E-state index is 11.8. The Morgan fingerprint density at radius 3 is 2.36 bits per heavy atom. The molecule has 0 bridgehead atoms. The number of alkyl carbamates (subject to hydrolysis) is 1. The number of nitrogens with one attached hydrogen (secondary N) is 2. The van der Waals surface area contributed by atoms with Crippen LogP contribution in [-0.2, 0) is 4.74 Å². The fraction of sp³-hybridized carbons (Fsp3) is 0.647. The topological polar surface area (TPSA) is 63.2 Å². The third kappa shape index (κ3) is 5.54. The number of aromatic nitrogens is 1. The Kier molecular flexibility index (Phi) is 5.27. The van der Waals surface area contributed by atoms with Gasteiger partial charge in [0.1, 0.15) is 11.4 Å². The van der Waals surface area contributed by atoms with Crippen LogP contribution in [0.3, 0.4) is 0 Å². The maximum atomic E-state index is 11.8. The summed E-state index contributed by atoms with van der Waals surface area (Å²) in [5.41, 5.74) is 0.718. The van der Waals surface area contributed by atoms with Crippen molar-refractivity contribution >= 4 is 11.9 Å². The fourth-order valence-corrected chi connectivity index (χ4v) is 2.62. The molecule has 122 valence electrons. The zero-order valence-electron chi connectivity index (χ0n) is 14.0. The number of hydrogen-bond donors (Lipinski definition) is 2. The van der Waals surface area contributed by atoms with Crippen LogP contribution >= 0.6 is 0 Å². The first-order valence-corrected chi connectivity index (χ1v) is 8.00. The van der Waals surface area contributed by atoms with E-state index in [1.807, 2.05) is 40.0 Å². The number of hydrogen-bond acceptors (Lipinski definition) is 4. The van der Waals surface area contributed by atoms with Gasteiger partial charge in [-0.05, 0) is 65.0 Å². The van der Waals surface area contributed by atoms with Crippen molar-refractivity contribution < 1.29 is 9.53 Å². The Hall–Kier alpha value is -1.78. The Morgan fingerprint density at radius 2 is 1.82 bits per heavy atom. The second-order valence-corrected chi connectivity index (χ2v) is 7.06. The number of amides is 1. The van der Waals surface area contributed by atoms with Crippen molar-refractivity contribution in [1.82, 2.24) is 10.3 Å². The molecule has 1 aromatic heterocycles. The highest BCUT2D eigenvalue weighted by Gasteiger charge is 2.24. The average Bonchev–Trinajstić information content (AvgIpc) is 2.41. The summed E-state index contributed by atoms with van der Waals surface area (Å²) in [5, 5.41) is 6.43. The summed E-state index contributed by atoms with van der Waals surface area (Å²) in [7, 11) is 0. The lowest BCUT2D eigenvalue weighted by Crippen LogP contribution is -2.42. The van der Waals surface area contributed by atoms with Crippen molar-refractivity contribution in [3.63, 3.8) is 0 Å². The molecule has 2 N–H and O–H groups in total. The van der Waals surface area contributed by atoms with Gasteiger partial charge in [0.2, 0.25) is 0 Å². The van der Waals surface area contributed by atoms with E-state index in [0.29, 0.717) is 6.04 Å². The van der Waals surface area contributed by atoms with Crippen LogP contribution < -0.4 is 10.6 Å². The molecule has 0 unspecified atom stereocenters. The molecule has 22 heavy (non-hydrogen) atoms. The SMILES string of the molecule is Cc1ccc(N[C@H]2CC[C@@H](NC(=O)OC(C)(C)C)CC2)nc1. The Bertz CT molecular complexity index is 486. The molecule has 1 heterocycles. The van der Waals surface area contributed by atoms with E-state index in [2.05, 4.69) is 21.7 Å². The van der Waals surface area contributed by atoms with E-state index < -0.39 is 5.60 Å². The predicted octanol–water partition coefficient (Wildman–Crippen LogP) is 3.64. The molecule has 1 aliphatic carbocycles. The highest BCUT2D eigenvalue weighted by molar-refractivity contribution is 5.68. The van der Waals surface area contributed by atoms with Crippen molar-refractivity contribution in [2.75, 3.05) is 5.32 Å². The zero-order chi connectivity index (χ0) is 16.2. The molecular weight excluding hydrogens is 278 g/mol. The van der Waals surface area contributed by atoms with Crippen LogP contribution in [0, 0.1) is 6.92 Å². The number of carbonyl (C=O) groups excluding carboxylic acids is 1. The highest BCUT2D eigenvalue weighted by Crippen LogP contribution is 2.22. The minimum atomic E-state index is -0.444. The van der Waals surface area contributed by atoms with E-state index in [1.165, 1.54) is 0 Å². The van der Waals surface area contributed by atoms with Gasteiger partial charge in [0.25, 0.3) is 0 Å².